The van der Waals surface area contributed by atoms with Crippen LogP contribution in [0.1, 0.15) is 37.9 Å². The van der Waals surface area contributed by atoms with Crippen molar-refractivity contribution in [1.29, 1.82) is 0 Å². The summed E-state index contributed by atoms with van der Waals surface area (Å²) in [6, 6.07) is 6.93. The number of aliphatic hydroxyl groups is 1. The lowest BCUT2D eigenvalue weighted by atomic mass is 9.97. The summed E-state index contributed by atoms with van der Waals surface area (Å²) < 4.78 is 0. The number of hydrogen-bond acceptors (Lipinski definition) is 5. The standard InChI is InChI=1S/C21H30N4O5/c1-13(2)11-17-15(14-5-3-4-6-16(14)23-17)12-18(21(29)22-9-10-26)24-19(27)7-8-20(28)25-30/h3-6,13,18,23,26,30H,7-12H2,1-2H3,(H,22,29)(H,24,27)(H,25,28)/t18-/m0/s1. The minimum atomic E-state index is -0.869. The summed E-state index contributed by atoms with van der Waals surface area (Å²) >= 11 is 0. The normalized spacial score (nSPS) is 12.0. The van der Waals surface area contributed by atoms with Gasteiger partial charge in [0, 0.05) is 42.4 Å². The van der Waals surface area contributed by atoms with Gasteiger partial charge in [0.05, 0.1) is 6.61 Å². The first-order chi connectivity index (χ1) is 14.3. The SMILES string of the molecule is CC(C)Cc1[nH]c2ccccc2c1C[C@H](NC(=O)CCC(=O)NO)C(=O)NCCO. The molecule has 0 spiro atoms. The molecule has 6 N–H and O–H groups in total. The van der Waals surface area contributed by atoms with E-state index in [4.69, 9.17) is 10.3 Å². The molecule has 3 amide bonds. The monoisotopic (exact) mass is 418 g/mol. The molecule has 1 aromatic carbocycles. The van der Waals surface area contributed by atoms with Crippen molar-refractivity contribution in [2.45, 2.75) is 45.6 Å². The minimum Gasteiger partial charge on any atom is -0.395 e. The molecule has 9 nitrogen and oxygen atoms in total. The quantitative estimate of drug-likeness (QED) is 0.236. The Kier molecular flexibility index (Phi) is 8.82. The molecule has 164 valence electrons. The zero-order chi connectivity index (χ0) is 22.1. The van der Waals surface area contributed by atoms with Crippen molar-refractivity contribution in [3.05, 3.63) is 35.5 Å². The van der Waals surface area contributed by atoms with Crippen LogP contribution in [0.3, 0.4) is 0 Å². The molecule has 0 unspecified atom stereocenters. The second-order valence-electron chi connectivity index (χ2n) is 7.60. The van der Waals surface area contributed by atoms with Crippen molar-refractivity contribution in [2.75, 3.05) is 13.2 Å². The van der Waals surface area contributed by atoms with Crippen molar-refractivity contribution >= 4 is 28.6 Å². The van der Waals surface area contributed by atoms with Crippen LogP contribution in [0.2, 0.25) is 0 Å². The molecule has 2 rings (SSSR count). The number of aromatic amines is 1. The number of hydrogen-bond donors (Lipinski definition) is 6. The van der Waals surface area contributed by atoms with Gasteiger partial charge in [-0.25, -0.2) is 5.48 Å². The van der Waals surface area contributed by atoms with E-state index < -0.39 is 23.8 Å². The van der Waals surface area contributed by atoms with Gasteiger partial charge in [0.25, 0.3) is 0 Å². The Bertz CT molecular complexity index is 877. The van der Waals surface area contributed by atoms with Crippen molar-refractivity contribution in [2.24, 2.45) is 5.92 Å². The topological polar surface area (TPSA) is 144 Å². The average Bonchev–Trinajstić information content (AvgIpc) is 3.05. The molecule has 0 aliphatic carbocycles. The number of nitrogens with one attached hydrogen (secondary N) is 4. The van der Waals surface area contributed by atoms with Crippen LogP contribution in [0, 0.1) is 5.92 Å². The van der Waals surface area contributed by atoms with Crippen LogP contribution in [0.15, 0.2) is 24.3 Å². The molecular formula is C21H30N4O5. The summed E-state index contributed by atoms with van der Waals surface area (Å²) in [7, 11) is 0. The van der Waals surface area contributed by atoms with E-state index in [2.05, 4.69) is 29.5 Å². The van der Waals surface area contributed by atoms with Gasteiger partial charge in [0.15, 0.2) is 0 Å². The van der Waals surface area contributed by atoms with E-state index in [9.17, 15) is 14.4 Å². The molecular weight excluding hydrogens is 388 g/mol. The third kappa shape index (κ3) is 6.57. The lowest BCUT2D eigenvalue weighted by Crippen LogP contribution is -2.48. The molecule has 0 aliphatic rings. The maximum Gasteiger partial charge on any atom is 0.243 e. The molecule has 9 heteroatoms. The number of benzene rings is 1. The van der Waals surface area contributed by atoms with Crippen LogP contribution in [0.25, 0.3) is 10.9 Å². The van der Waals surface area contributed by atoms with E-state index in [0.29, 0.717) is 5.92 Å². The van der Waals surface area contributed by atoms with Gasteiger partial charge >= 0.3 is 0 Å². The van der Waals surface area contributed by atoms with Gasteiger partial charge in [-0.05, 0) is 24.0 Å². The number of aliphatic hydroxyl groups excluding tert-OH is 1. The molecule has 0 saturated heterocycles. The number of H-pyrrole nitrogens is 1. The van der Waals surface area contributed by atoms with Crippen molar-refractivity contribution < 1.29 is 24.7 Å². The summed E-state index contributed by atoms with van der Waals surface area (Å²) in [6.45, 7) is 4.07. The van der Waals surface area contributed by atoms with Gasteiger partial charge < -0.3 is 20.7 Å². The van der Waals surface area contributed by atoms with Crippen molar-refractivity contribution in [3.63, 3.8) is 0 Å². The third-order valence-electron chi connectivity index (χ3n) is 4.69. The number of hydroxylamine groups is 1. The van der Waals surface area contributed by atoms with Gasteiger partial charge in [-0.2, -0.15) is 0 Å². The number of fused-ring (bicyclic) bond motifs is 1. The first-order valence-corrected chi connectivity index (χ1v) is 10.0. The minimum absolute atomic E-state index is 0.0743. The largest absolute Gasteiger partial charge is 0.395 e. The number of aromatic nitrogens is 1. The maximum atomic E-state index is 12.7. The Morgan fingerprint density at radius 2 is 1.77 bits per heavy atom. The fourth-order valence-electron chi connectivity index (χ4n) is 3.34. The Labute approximate surface area is 175 Å². The van der Waals surface area contributed by atoms with E-state index in [1.807, 2.05) is 24.3 Å². The van der Waals surface area contributed by atoms with E-state index in [1.54, 1.807) is 0 Å². The maximum absolute atomic E-state index is 12.7. The Morgan fingerprint density at radius 1 is 1.07 bits per heavy atom. The lowest BCUT2D eigenvalue weighted by Gasteiger charge is -2.19. The molecule has 0 saturated carbocycles. The molecule has 0 bridgehead atoms. The zero-order valence-electron chi connectivity index (χ0n) is 17.3. The highest BCUT2D eigenvalue weighted by atomic mass is 16.5. The fraction of sp³-hybridized carbons (Fsp3) is 0.476. The summed E-state index contributed by atoms with van der Waals surface area (Å²) in [5.74, 6) is -1.18. The van der Waals surface area contributed by atoms with E-state index >= 15 is 0 Å². The summed E-state index contributed by atoms with van der Waals surface area (Å²) in [5.41, 5.74) is 4.41. The highest BCUT2D eigenvalue weighted by molar-refractivity contribution is 5.91. The summed E-state index contributed by atoms with van der Waals surface area (Å²) in [6.07, 6.45) is 0.697. The fourth-order valence-corrected chi connectivity index (χ4v) is 3.34. The molecule has 0 radical (unpaired) electrons. The number of para-hydroxylation sites is 1. The van der Waals surface area contributed by atoms with Crippen LogP contribution in [-0.4, -0.2) is 52.2 Å². The van der Waals surface area contributed by atoms with Crippen LogP contribution >= 0.6 is 0 Å². The van der Waals surface area contributed by atoms with Crippen LogP contribution in [0.5, 0.6) is 0 Å². The van der Waals surface area contributed by atoms with Crippen LogP contribution in [0.4, 0.5) is 0 Å². The predicted octanol–water partition coefficient (Wildman–Crippen LogP) is 0.788. The van der Waals surface area contributed by atoms with E-state index in [1.165, 1.54) is 5.48 Å². The Balaban J connectivity index is 2.27. The average molecular weight is 418 g/mol. The van der Waals surface area contributed by atoms with E-state index in [-0.39, 0.29) is 32.4 Å². The highest BCUT2D eigenvalue weighted by Gasteiger charge is 2.24. The van der Waals surface area contributed by atoms with Crippen LogP contribution < -0.4 is 16.1 Å². The number of carbonyl (C=O) groups is 3. The number of amides is 3. The predicted molar refractivity (Wildman–Crippen MR) is 112 cm³/mol. The number of rotatable bonds is 11. The molecule has 1 heterocycles. The van der Waals surface area contributed by atoms with Gasteiger partial charge in [-0.1, -0.05) is 32.0 Å². The first-order valence-electron chi connectivity index (χ1n) is 10.0. The van der Waals surface area contributed by atoms with Gasteiger partial charge in [0.2, 0.25) is 17.7 Å². The second kappa shape index (κ2) is 11.3. The Morgan fingerprint density at radius 3 is 2.43 bits per heavy atom. The van der Waals surface area contributed by atoms with E-state index in [0.717, 1.165) is 28.6 Å². The highest BCUT2D eigenvalue weighted by Crippen LogP contribution is 2.26. The Hall–Kier alpha value is -2.91. The molecule has 1 aromatic heterocycles. The second-order valence-corrected chi connectivity index (χ2v) is 7.60. The molecule has 1 atom stereocenters. The molecule has 0 fully saturated rings. The molecule has 0 aliphatic heterocycles. The molecule has 2 aromatic rings. The molecule has 30 heavy (non-hydrogen) atoms. The number of carbonyl (C=O) groups excluding carboxylic acids is 3. The van der Waals surface area contributed by atoms with Crippen molar-refractivity contribution in [1.82, 2.24) is 21.1 Å². The van der Waals surface area contributed by atoms with Gasteiger partial charge in [-0.15, -0.1) is 0 Å². The van der Waals surface area contributed by atoms with Crippen molar-refractivity contribution in [3.8, 4) is 0 Å². The van der Waals surface area contributed by atoms with Gasteiger partial charge in [0.1, 0.15) is 6.04 Å². The third-order valence-corrected chi connectivity index (χ3v) is 4.69. The first kappa shape index (κ1) is 23.4. The summed E-state index contributed by atoms with van der Waals surface area (Å²) in [4.78, 5) is 39.6. The zero-order valence-corrected chi connectivity index (χ0v) is 17.3. The summed E-state index contributed by atoms with van der Waals surface area (Å²) in [5, 5.41) is 23.9. The van der Waals surface area contributed by atoms with Gasteiger partial charge in [-0.3, -0.25) is 19.6 Å². The van der Waals surface area contributed by atoms with Crippen LogP contribution in [-0.2, 0) is 27.2 Å². The smallest absolute Gasteiger partial charge is 0.243 e. The lowest BCUT2D eigenvalue weighted by molar-refractivity contribution is -0.133.